The van der Waals surface area contributed by atoms with Gasteiger partial charge in [0.1, 0.15) is 0 Å². The Hall–Kier alpha value is -0.900. The highest BCUT2D eigenvalue weighted by atomic mass is 16.5. The minimum absolute atomic E-state index is 0.474. The highest BCUT2D eigenvalue weighted by Crippen LogP contribution is 2.09. The van der Waals surface area contributed by atoms with E-state index in [1.807, 2.05) is 0 Å². The number of aliphatic hydroxyl groups excluding tert-OH is 1. The lowest BCUT2D eigenvalue weighted by Crippen LogP contribution is -1.98. The molecule has 3 heteroatoms. The first-order chi connectivity index (χ1) is 5.24. The van der Waals surface area contributed by atoms with E-state index in [1.165, 1.54) is 0 Å². The minimum atomic E-state index is -1.39. The summed E-state index contributed by atoms with van der Waals surface area (Å²) in [5, 5.41) is 17.4. The van der Waals surface area contributed by atoms with E-state index in [1.54, 1.807) is 24.3 Å². The van der Waals surface area contributed by atoms with E-state index < -0.39 is 6.29 Å². The van der Waals surface area contributed by atoms with Gasteiger partial charge >= 0.3 is 0 Å². The Balaban J connectivity index is 2.83. The predicted molar refractivity (Wildman–Crippen MR) is 41.5 cm³/mol. The van der Waals surface area contributed by atoms with Crippen molar-refractivity contribution in [1.29, 1.82) is 0 Å². The van der Waals surface area contributed by atoms with Crippen molar-refractivity contribution in [1.82, 2.24) is 0 Å². The van der Waals surface area contributed by atoms with E-state index in [0.29, 0.717) is 12.1 Å². The van der Waals surface area contributed by atoms with Gasteiger partial charge in [0.05, 0.1) is 0 Å². The highest BCUT2D eigenvalue weighted by Gasteiger charge is 1.99. The molecule has 0 heterocycles. The van der Waals surface area contributed by atoms with E-state index in [4.69, 9.17) is 15.9 Å². The average Bonchev–Trinajstić information content (AvgIpc) is 2.05. The highest BCUT2D eigenvalue weighted by molar-refractivity contribution is 5.22. The average molecular weight is 153 g/mol. The Morgan fingerprint density at radius 3 is 2.09 bits per heavy atom. The van der Waals surface area contributed by atoms with E-state index in [2.05, 4.69) is 0 Å². The van der Waals surface area contributed by atoms with Gasteiger partial charge < -0.3 is 15.9 Å². The number of benzene rings is 1. The Morgan fingerprint density at radius 2 is 1.73 bits per heavy atom. The molecular formula is C8H11NO2. The van der Waals surface area contributed by atoms with Gasteiger partial charge in [0.25, 0.3) is 0 Å². The summed E-state index contributed by atoms with van der Waals surface area (Å²) in [5.74, 6) is 0. The van der Waals surface area contributed by atoms with Gasteiger partial charge in [-0.15, -0.1) is 0 Å². The molecule has 60 valence electrons. The van der Waals surface area contributed by atoms with Crippen LogP contribution in [0.2, 0.25) is 0 Å². The quantitative estimate of drug-likeness (QED) is 0.529. The number of aliphatic hydroxyl groups is 2. The Kier molecular flexibility index (Phi) is 2.59. The van der Waals surface area contributed by atoms with Crippen molar-refractivity contribution >= 4 is 0 Å². The van der Waals surface area contributed by atoms with Crippen LogP contribution in [0.25, 0.3) is 0 Å². The van der Waals surface area contributed by atoms with Crippen LogP contribution in [0.3, 0.4) is 0 Å². The van der Waals surface area contributed by atoms with Crippen molar-refractivity contribution in [2.75, 3.05) is 0 Å². The lowest BCUT2D eigenvalue weighted by Gasteiger charge is -2.03. The summed E-state index contributed by atoms with van der Waals surface area (Å²) >= 11 is 0. The molecule has 1 aromatic rings. The van der Waals surface area contributed by atoms with Gasteiger partial charge in [0.2, 0.25) is 0 Å². The van der Waals surface area contributed by atoms with Crippen LogP contribution in [-0.4, -0.2) is 10.2 Å². The first kappa shape index (κ1) is 8.20. The van der Waals surface area contributed by atoms with E-state index in [9.17, 15) is 0 Å². The summed E-state index contributed by atoms with van der Waals surface area (Å²) in [7, 11) is 0. The van der Waals surface area contributed by atoms with Crippen LogP contribution in [0.1, 0.15) is 17.4 Å². The molecule has 0 saturated carbocycles. The van der Waals surface area contributed by atoms with Crippen LogP contribution < -0.4 is 5.73 Å². The van der Waals surface area contributed by atoms with Gasteiger partial charge in [0, 0.05) is 12.1 Å². The fourth-order valence-corrected chi connectivity index (χ4v) is 0.826. The normalized spacial score (nSPS) is 10.5. The van der Waals surface area contributed by atoms with Crippen LogP contribution in [0, 0.1) is 0 Å². The summed E-state index contributed by atoms with van der Waals surface area (Å²) in [4.78, 5) is 0. The van der Waals surface area contributed by atoms with Crippen LogP contribution in [-0.2, 0) is 6.54 Å². The van der Waals surface area contributed by atoms with Gasteiger partial charge in [-0.1, -0.05) is 24.3 Å². The molecule has 3 nitrogen and oxygen atoms in total. The second kappa shape index (κ2) is 3.48. The van der Waals surface area contributed by atoms with Crippen molar-refractivity contribution in [3.05, 3.63) is 35.4 Å². The molecule has 0 aliphatic carbocycles. The smallest absolute Gasteiger partial charge is 0.178 e. The third-order valence-corrected chi connectivity index (χ3v) is 1.51. The summed E-state index contributed by atoms with van der Waals surface area (Å²) in [5.41, 5.74) is 6.82. The molecule has 0 radical (unpaired) electrons. The lowest BCUT2D eigenvalue weighted by molar-refractivity contribution is -0.0424. The Morgan fingerprint density at radius 1 is 1.18 bits per heavy atom. The van der Waals surface area contributed by atoms with Gasteiger partial charge in [0.15, 0.2) is 6.29 Å². The maximum absolute atomic E-state index is 8.71. The molecule has 0 aliphatic heterocycles. The van der Waals surface area contributed by atoms with Crippen LogP contribution >= 0.6 is 0 Å². The number of hydrogen-bond acceptors (Lipinski definition) is 3. The van der Waals surface area contributed by atoms with E-state index in [-0.39, 0.29) is 0 Å². The topological polar surface area (TPSA) is 66.5 Å². The van der Waals surface area contributed by atoms with Gasteiger partial charge in [-0.05, 0) is 5.56 Å². The summed E-state index contributed by atoms with van der Waals surface area (Å²) in [6.07, 6.45) is -1.39. The monoisotopic (exact) mass is 153 g/mol. The molecule has 0 saturated heterocycles. The second-order valence-corrected chi connectivity index (χ2v) is 2.32. The van der Waals surface area contributed by atoms with Gasteiger partial charge in [-0.2, -0.15) is 0 Å². The zero-order valence-corrected chi connectivity index (χ0v) is 6.07. The summed E-state index contributed by atoms with van der Waals surface area (Å²) in [6, 6.07) is 6.84. The molecule has 0 aromatic heterocycles. The maximum atomic E-state index is 8.71. The SMILES string of the molecule is NCc1ccc(C(O)O)cc1. The van der Waals surface area contributed by atoms with E-state index >= 15 is 0 Å². The lowest BCUT2D eigenvalue weighted by atomic mass is 10.1. The molecule has 4 N–H and O–H groups in total. The number of nitrogens with two attached hydrogens (primary N) is 1. The Labute approximate surface area is 65.1 Å². The van der Waals surface area contributed by atoms with Crippen molar-refractivity contribution in [2.45, 2.75) is 12.8 Å². The van der Waals surface area contributed by atoms with Crippen molar-refractivity contribution < 1.29 is 10.2 Å². The number of rotatable bonds is 2. The summed E-state index contributed by atoms with van der Waals surface area (Å²) in [6.45, 7) is 0.474. The molecule has 0 unspecified atom stereocenters. The molecule has 0 fully saturated rings. The third-order valence-electron chi connectivity index (χ3n) is 1.51. The zero-order chi connectivity index (χ0) is 8.27. The molecule has 1 aromatic carbocycles. The standard InChI is InChI=1S/C8H11NO2/c9-5-6-1-3-7(4-2-6)8(10)11/h1-4,8,10-11H,5,9H2. The molecule has 0 spiro atoms. The predicted octanol–water partition coefficient (Wildman–Crippen LogP) is 0.129. The van der Waals surface area contributed by atoms with Gasteiger partial charge in [-0.3, -0.25) is 0 Å². The summed E-state index contributed by atoms with van der Waals surface area (Å²) < 4.78 is 0. The van der Waals surface area contributed by atoms with Crippen molar-refractivity contribution in [3.63, 3.8) is 0 Å². The van der Waals surface area contributed by atoms with Crippen molar-refractivity contribution in [3.8, 4) is 0 Å². The Bertz CT molecular complexity index is 218. The molecule has 1 rings (SSSR count). The maximum Gasteiger partial charge on any atom is 0.178 e. The van der Waals surface area contributed by atoms with E-state index in [0.717, 1.165) is 5.56 Å². The largest absolute Gasteiger partial charge is 0.364 e. The molecule has 0 bridgehead atoms. The van der Waals surface area contributed by atoms with Gasteiger partial charge in [-0.25, -0.2) is 0 Å². The molecule has 11 heavy (non-hydrogen) atoms. The molecule has 0 atom stereocenters. The molecule has 0 amide bonds. The van der Waals surface area contributed by atoms with Crippen LogP contribution in [0.15, 0.2) is 24.3 Å². The first-order valence-electron chi connectivity index (χ1n) is 3.39. The fourth-order valence-electron chi connectivity index (χ4n) is 0.826. The second-order valence-electron chi connectivity index (χ2n) is 2.32. The first-order valence-corrected chi connectivity index (χ1v) is 3.39. The zero-order valence-electron chi connectivity index (χ0n) is 6.07. The minimum Gasteiger partial charge on any atom is -0.364 e. The molecular weight excluding hydrogens is 142 g/mol. The molecule has 0 aliphatic rings. The third kappa shape index (κ3) is 2.01. The van der Waals surface area contributed by atoms with Crippen LogP contribution in [0.5, 0.6) is 0 Å². The van der Waals surface area contributed by atoms with Crippen molar-refractivity contribution in [2.24, 2.45) is 5.73 Å². The fraction of sp³-hybridized carbons (Fsp3) is 0.250. The number of hydrogen-bond donors (Lipinski definition) is 3. The van der Waals surface area contributed by atoms with Crippen LogP contribution in [0.4, 0.5) is 0 Å².